The molecule has 0 saturated heterocycles. The molecule has 84 valence electrons. The highest BCUT2D eigenvalue weighted by molar-refractivity contribution is 7.09. The Hall–Kier alpha value is -0.740. The molecule has 0 unspecified atom stereocenters. The smallest absolute Gasteiger partial charge is 0.138 e. The average molecular weight is 226 g/mol. The van der Waals surface area contributed by atoms with E-state index in [0.717, 1.165) is 17.8 Å². The van der Waals surface area contributed by atoms with Gasteiger partial charge in [0.25, 0.3) is 0 Å². The normalized spacial score (nSPS) is 10.9. The van der Waals surface area contributed by atoms with Gasteiger partial charge in [-0.25, -0.2) is 0 Å². The van der Waals surface area contributed by atoms with Gasteiger partial charge in [-0.05, 0) is 13.0 Å². The lowest BCUT2D eigenvalue weighted by Crippen LogP contribution is -2.24. The molecule has 0 fully saturated rings. The van der Waals surface area contributed by atoms with Gasteiger partial charge in [0.15, 0.2) is 0 Å². The average Bonchev–Trinajstić information content (AvgIpc) is 2.64. The summed E-state index contributed by atoms with van der Waals surface area (Å²) in [6.07, 6.45) is 3.91. The fourth-order valence-electron chi connectivity index (χ4n) is 1.29. The molecule has 0 bridgehead atoms. The lowest BCUT2D eigenvalue weighted by molar-refractivity contribution is -0.118. The zero-order chi connectivity index (χ0) is 11.1. The van der Waals surface area contributed by atoms with Crippen molar-refractivity contribution in [2.24, 2.45) is 0 Å². The summed E-state index contributed by atoms with van der Waals surface area (Å²) in [5.41, 5.74) is 1.77. The van der Waals surface area contributed by atoms with Crippen LogP contribution in [0, 0.1) is 0 Å². The van der Waals surface area contributed by atoms with Gasteiger partial charge in [0.05, 0.1) is 5.51 Å². The van der Waals surface area contributed by atoms with Crippen molar-refractivity contribution < 1.29 is 4.79 Å². The summed E-state index contributed by atoms with van der Waals surface area (Å²) >= 11 is 1.55. The van der Waals surface area contributed by atoms with Crippen molar-refractivity contribution in [3.05, 3.63) is 16.6 Å². The Labute approximate surface area is 94.9 Å². The van der Waals surface area contributed by atoms with E-state index < -0.39 is 0 Å². The van der Waals surface area contributed by atoms with Crippen molar-refractivity contribution in [1.29, 1.82) is 0 Å². The SMILES string of the molecule is CC(C)NCCCC(=O)Cc1cncs1. The Kier molecular flexibility index (Phi) is 5.50. The van der Waals surface area contributed by atoms with Crippen LogP contribution >= 0.6 is 11.3 Å². The van der Waals surface area contributed by atoms with Gasteiger partial charge >= 0.3 is 0 Å². The first-order chi connectivity index (χ1) is 7.18. The number of thiazole rings is 1. The van der Waals surface area contributed by atoms with E-state index in [9.17, 15) is 4.79 Å². The molecule has 1 rings (SSSR count). The quantitative estimate of drug-likeness (QED) is 0.723. The minimum absolute atomic E-state index is 0.310. The summed E-state index contributed by atoms with van der Waals surface area (Å²) in [6, 6.07) is 0.501. The van der Waals surface area contributed by atoms with Crippen LogP contribution in [-0.4, -0.2) is 23.4 Å². The van der Waals surface area contributed by atoms with Crippen LogP contribution < -0.4 is 5.32 Å². The minimum Gasteiger partial charge on any atom is -0.315 e. The highest BCUT2D eigenvalue weighted by Gasteiger charge is 2.04. The number of Topliss-reactive ketones (excluding diaryl/α,β-unsaturated/α-hetero) is 1. The van der Waals surface area contributed by atoms with E-state index in [-0.39, 0.29) is 0 Å². The Morgan fingerprint density at radius 1 is 1.60 bits per heavy atom. The van der Waals surface area contributed by atoms with E-state index in [4.69, 9.17) is 0 Å². The van der Waals surface area contributed by atoms with E-state index in [1.165, 1.54) is 0 Å². The second-order valence-corrected chi connectivity index (χ2v) is 4.87. The first kappa shape index (κ1) is 12.3. The molecule has 0 amide bonds. The van der Waals surface area contributed by atoms with Gasteiger partial charge in [0, 0.05) is 30.0 Å². The van der Waals surface area contributed by atoms with Crippen molar-refractivity contribution >= 4 is 17.1 Å². The predicted molar refractivity (Wildman–Crippen MR) is 63.2 cm³/mol. The van der Waals surface area contributed by atoms with E-state index in [0.29, 0.717) is 24.7 Å². The molecule has 0 radical (unpaired) electrons. The van der Waals surface area contributed by atoms with Crippen LogP contribution in [0.15, 0.2) is 11.7 Å². The number of ketones is 1. The maximum atomic E-state index is 11.5. The number of rotatable bonds is 7. The van der Waals surface area contributed by atoms with Crippen molar-refractivity contribution in [3.8, 4) is 0 Å². The number of nitrogens with zero attached hydrogens (tertiary/aromatic N) is 1. The molecule has 0 aliphatic rings. The maximum Gasteiger partial charge on any atom is 0.138 e. The molecule has 0 aromatic carbocycles. The minimum atomic E-state index is 0.310. The Morgan fingerprint density at radius 3 is 3.00 bits per heavy atom. The van der Waals surface area contributed by atoms with Crippen LogP contribution in [-0.2, 0) is 11.2 Å². The third kappa shape index (κ3) is 5.64. The third-order valence-electron chi connectivity index (χ3n) is 2.04. The van der Waals surface area contributed by atoms with E-state index >= 15 is 0 Å². The van der Waals surface area contributed by atoms with Gasteiger partial charge in [-0.1, -0.05) is 13.8 Å². The molecule has 1 N–H and O–H groups in total. The van der Waals surface area contributed by atoms with Gasteiger partial charge in [-0.2, -0.15) is 0 Å². The second kappa shape index (κ2) is 6.69. The topological polar surface area (TPSA) is 42.0 Å². The van der Waals surface area contributed by atoms with Crippen LogP contribution in [0.2, 0.25) is 0 Å². The van der Waals surface area contributed by atoms with Crippen molar-refractivity contribution in [3.63, 3.8) is 0 Å². The van der Waals surface area contributed by atoms with Gasteiger partial charge in [-0.3, -0.25) is 9.78 Å². The molecule has 1 aromatic rings. The van der Waals surface area contributed by atoms with Gasteiger partial charge in [0.2, 0.25) is 0 Å². The number of hydrogen-bond donors (Lipinski definition) is 1. The fraction of sp³-hybridized carbons (Fsp3) is 0.636. The molecule has 1 heterocycles. The highest BCUT2D eigenvalue weighted by Crippen LogP contribution is 2.08. The monoisotopic (exact) mass is 226 g/mol. The van der Waals surface area contributed by atoms with Crippen LogP contribution in [0.5, 0.6) is 0 Å². The standard InChI is InChI=1S/C11H18N2OS/c1-9(2)13-5-3-4-10(14)6-11-7-12-8-15-11/h7-9,13H,3-6H2,1-2H3. The van der Waals surface area contributed by atoms with E-state index in [1.807, 2.05) is 0 Å². The van der Waals surface area contributed by atoms with E-state index in [1.54, 1.807) is 23.0 Å². The molecule has 0 aliphatic carbocycles. The van der Waals surface area contributed by atoms with E-state index in [2.05, 4.69) is 24.1 Å². The van der Waals surface area contributed by atoms with Crippen LogP contribution in [0.4, 0.5) is 0 Å². The number of carbonyl (C=O) groups is 1. The summed E-state index contributed by atoms with van der Waals surface area (Å²) in [7, 11) is 0. The van der Waals surface area contributed by atoms with Crippen LogP contribution in [0.1, 0.15) is 31.6 Å². The second-order valence-electron chi connectivity index (χ2n) is 3.90. The number of carbonyl (C=O) groups excluding carboxylic acids is 1. The largest absolute Gasteiger partial charge is 0.315 e. The maximum absolute atomic E-state index is 11.5. The Balaban J connectivity index is 2.09. The fourth-order valence-corrected chi connectivity index (χ4v) is 1.91. The summed E-state index contributed by atoms with van der Waals surface area (Å²) in [6.45, 7) is 5.14. The number of hydrogen-bond acceptors (Lipinski definition) is 4. The van der Waals surface area contributed by atoms with Gasteiger partial charge < -0.3 is 5.32 Å². The summed E-state index contributed by atoms with van der Waals surface area (Å²) in [4.78, 5) is 16.5. The van der Waals surface area contributed by atoms with Crippen molar-refractivity contribution in [2.75, 3.05) is 6.54 Å². The molecule has 0 aliphatic heterocycles. The zero-order valence-corrected chi connectivity index (χ0v) is 10.1. The molecule has 15 heavy (non-hydrogen) atoms. The molecule has 4 heteroatoms. The summed E-state index contributed by atoms with van der Waals surface area (Å²) in [5.74, 6) is 0.310. The first-order valence-corrected chi connectivity index (χ1v) is 6.19. The molecule has 0 saturated carbocycles. The molecular formula is C11H18N2OS. The molecule has 1 aromatic heterocycles. The highest BCUT2D eigenvalue weighted by atomic mass is 32.1. The lowest BCUT2D eigenvalue weighted by Gasteiger charge is -2.06. The number of nitrogens with one attached hydrogen (secondary N) is 1. The molecule has 3 nitrogen and oxygen atoms in total. The molecular weight excluding hydrogens is 208 g/mol. The Bertz CT molecular complexity index is 283. The van der Waals surface area contributed by atoms with Crippen molar-refractivity contribution in [1.82, 2.24) is 10.3 Å². The first-order valence-electron chi connectivity index (χ1n) is 5.31. The summed E-state index contributed by atoms with van der Waals surface area (Å²) in [5, 5.41) is 3.30. The van der Waals surface area contributed by atoms with Crippen molar-refractivity contribution in [2.45, 2.75) is 39.2 Å². The number of aromatic nitrogens is 1. The molecule has 0 atom stereocenters. The predicted octanol–water partition coefficient (Wildman–Crippen LogP) is 2.03. The lowest BCUT2D eigenvalue weighted by atomic mass is 10.1. The third-order valence-corrected chi connectivity index (χ3v) is 2.82. The van der Waals surface area contributed by atoms with Crippen LogP contribution in [0.25, 0.3) is 0 Å². The van der Waals surface area contributed by atoms with Crippen LogP contribution in [0.3, 0.4) is 0 Å². The van der Waals surface area contributed by atoms with Gasteiger partial charge in [0.1, 0.15) is 5.78 Å². The molecule has 0 spiro atoms. The zero-order valence-electron chi connectivity index (χ0n) is 9.32. The summed E-state index contributed by atoms with van der Waals surface area (Å²) < 4.78 is 0. The Morgan fingerprint density at radius 2 is 2.40 bits per heavy atom. The van der Waals surface area contributed by atoms with Gasteiger partial charge in [-0.15, -0.1) is 11.3 Å².